The van der Waals surface area contributed by atoms with E-state index in [9.17, 15) is 22.4 Å². The summed E-state index contributed by atoms with van der Waals surface area (Å²) in [6.45, 7) is 0. The minimum absolute atomic E-state index is 0.157. The molecule has 0 fully saturated rings. The van der Waals surface area contributed by atoms with Crippen LogP contribution in [-0.4, -0.2) is 6.29 Å². The standard InChI is InChI=1S/C12H6F4O/c13-9-7-3-1-2-6(5-17)4-8(7)10(14)12(16)11(9)15/h1-3,5H,4H2. The van der Waals surface area contributed by atoms with Gasteiger partial charge in [-0.2, -0.15) is 0 Å². The van der Waals surface area contributed by atoms with Gasteiger partial charge >= 0.3 is 0 Å². The highest BCUT2D eigenvalue weighted by Gasteiger charge is 2.24. The molecule has 0 aromatic heterocycles. The van der Waals surface area contributed by atoms with Crippen LogP contribution in [-0.2, 0) is 11.2 Å². The molecule has 0 saturated heterocycles. The van der Waals surface area contributed by atoms with Gasteiger partial charge in [0.15, 0.2) is 23.3 Å². The van der Waals surface area contributed by atoms with Gasteiger partial charge in [-0.25, -0.2) is 17.6 Å². The average molecular weight is 242 g/mol. The van der Waals surface area contributed by atoms with E-state index in [4.69, 9.17) is 0 Å². The summed E-state index contributed by atoms with van der Waals surface area (Å²) in [5, 5.41) is 0. The number of aldehydes is 1. The fourth-order valence-electron chi connectivity index (χ4n) is 1.65. The summed E-state index contributed by atoms with van der Waals surface area (Å²) in [7, 11) is 0. The van der Waals surface area contributed by atoms with Gasteiger partial charge in [0.2, 0.25) is 0 Å². The zero-order valence-corrected chi connectivity index (χ0v) is 8.44. The predicted octanol–water partition coefficient (Wildman–Crippen LogP) is 2.94. The van der Waals surface area contributed by atoms with Gasteiger partial charge in [0, 0.05) is 17.5 Å². The third-order valence-corrected chi connectivity index (χ3v) is 2.51. The summed E-state index contributed by atoms with van der Waals surface area (Å²) < 4.78 is 52.8. The molecule has 1 aromatic rings. The molecular weight excluding hydrogens is 236 g/mol. The van der Waals surface area contributed by atoms with E-state index >= 15 is 0 Å². The van der Waals surface area contributed by atoms with Gasteiger partial charge in [-0.1, -0.05) is 18.2 Å². The summed E-state index contributed by atoms with van der Waals surface area (Å²) in [6.07, 6.45) is 3.91. The first kappa shape index (κ1) is 11.6. The third kappa shape index (κ3) is 1.77. The number of carbonyl (C=O) groups is 1. The molecule has 1 aromatic carbocycles. The van der Waals surface area contributed by atoms with Crippen molar-refractivity contribution in [2.75, 3.05) is 0 Å². The average Bonchev–Trinajstić information content (AvgIpc) is 2.56. The van der Waals surface area contributed by atoms with Crippen LogP contribution in [0.2, 0.25) is 0 Å². The molecule has 2 rings (SSSR count). The molecule has 0 spiro atoms. The van der Waals surface area contributed by atoms with Gasteiger partial charge in [0.25, 0.3) is 0 Å². The smallest absolute Gasteiger partial charge is 0.198 e. The van der Waals surface area contributed by atoms with Crippen molar-refractivity contribution in [1.82, 2.24) is 0 Å². The molecule has 1 aliphatic rings. The Morgan fingerprint density at radius 1 is 1.00 bits per heavy atom. The molecule has 0 aliphatic heterocycles. The van der Waals surface area contributed by atoms with E-state index in [-0.39, 0.29) is 23.1 Å². The number of benzene rings is 1. The SMILES string of the molecule is O=CC1=CC=Cc2c(F)c(F)c(F)c(F)c2C1. The summed E-state index contributed by atoms with van der Waals surface area (Å²) in [6, 6.07) is 0. The molecule has 88 valence electrons. The molecule has 0 N–H and O–H groups in total. The topological polar surface area (TPSA) is 17.1 Å². The van der Waals surface area contributed by atoms with Gasteiger partial charge < -0.3 is 0 Å². The first-order chi connectivity index (χ1) is 8.06. The number of halogens is 4. The van der Waals surface area contributed by atoms with Crippen LogP contribution < -0.4 is 0 Å². The highest BCUT2D eigenvalue weighted by molar-refractivity contribution is 5.77. The maximum absolute atomic E-state index is 13.5. The highest BCUT2D eigenvalue weighted by atomic mass is 19.2. The molecule has 0 heterocycles. The Morgan fingerprint density at radius 2 is 1.65 bits per heavy atom. The number of hydrogen-bond donors (Lipinski definition) is 0. The summed E-state index contributed by atoms with van der Waals surface area (Å²) in [4.78, 5) is 10.6. The van der Waals surface area contributed by atoms with E-state index in [1.54, 1.807) is 0 Å². The maximum Gasteiger partial charge on any atom is 0.198 e. The number of allylic oxidation sites excluding steroid dienone is 3. The first-order valence-corrected chi connectivity index (χ1v) is 4.73. The molecule has 1 nitrogen and oxygen atoms in total. The van der Waals surface area contributed by atoms with Crippen LogP contribution >= 0.6 is 0 Å². The molecule has 0 saturated carbocycles. The second kappa shape index (κ2) is 4.16. The summed E-state index contributed by atoms with van der Waals surface area (Å²) in [5.74, 6) is -6.61. The molecule has 17 heavy (non-hydrogen) atoms. The Kier molecular flexibility index (Phi) is 2.83. The van der Waals surface area contributed by atoms with Crippen LogP contribution in [0.5, 0.6) is 0 Å². The Morgan fingerprint density at radius 3 is 2.29 bits per heavy atom. The van der Waals surface area contributed by atoms with Crippen molar-refractivity contribution >= 4 is 12.4 Å². The number of carbonyl (C=O) groups excluding carboxylic acids is 1. The van der Waals surface area contributed by atoms with Gasteiger partial charge in [-0.3, -0.25) is 4.79 Å². The van der Waals surface area contributed by atoms with Crippen molar-refractivity contribution in [2.45, 2.75) is 6.42 Å². The Labute approximate surface area is 94.1 Å². The van der Waals surface area contributed by atoms with E-state index in [1.165, 1.54) is 12.2 Å². The molecular formula is C12H6F4O. The molecule has 5 heteroatoms. The Hall–Kier alpha value is -1.91. The van der Waals surface area contributed by atoms with Crippen molar-refractivity contribution in [3.05, 3.63) is 52.1 Å². The monoisotopic (exact) mass is 242 g/mol. The van der Waals surface area contributed by atoms with Crippen LogP contribution in [0.15, 0.2) is 17.7 Å². The second-order valence-corrected chi connectivity index (χ2v) is 3.54. The van der Waals surface area contributed by atoms with E-state index in [1.807, 2.05) is 0 Å². The zero-order chi connectivity index (χ0) is 12.6. The van der Waals surface area contributed by atoms with Crippen molar-refractivity contribution in [3.8, 4) is 0 Å². The lowest BCUT2D eigenvalue weighted by Crippen LogP contribution is -2.07. The molecule has 1 aliphatic carbocycles. The molecule has 0 radical (unpaired) electrons. The van der Waals surface area contributed by atoms with Crippen LogP contribution in [0, 0.1) is 23.3 Å². The van der Waals surface area contributed by atoms with E-state index in [0.717, 1.165) is 6.08 Å². The molecule has 0 unspecified atom stereocenters. The van der Waals surface area contributed by atoms with Crippen LogP contribution in [0.4, 0.5) is 17.6 Å². The van der Waals surface area contributed by atoms with Crippen molar-refractivity contribution < 1.29 is 22.4 Å². The van der Waals surface area contributed by atoms with Gasteiger partial charge in [-0.05, 0) is 5.57 Å². The van der Waals surface area contributed by atoms with Crippen LogP contribution in [0.3, 0.4) is 0 Å². The van der Waals surface area contributed by atoms with Crippen molar-refractivity contribution in [2.24, 2.45) is 0 Å². The van der Waals surface area contributed by atoms with Gasteiger partial charge in [-0.15, -0.1) is 0 Å². The van der Waals surface area contributed by atoms with Gasteiger partial charge in [0.05, 0.1) is 0 Å². The van der Waals surface area contributed by atoms with E-state index < -0.39 is 23.3 Å². The van der Waals surface area contributed by atoms with Crippen LogP contribution in [0.25, 0.3) is 6.08 Å². The third-order valence-electron chi connectivity index (χ3n) is 2.51. The fourth-order valence-corrected chi connectivity index (χ4v) is 1.65. The number of fused-ring (bicyclic) bond motifs is 1. The fraction of sp³-hybridized carbons (Fsp3) is 0.0833. The number of hydrogen-bond acceptors (Lipinski definition) is 1. The summed E-state index contributed by atoms with van der Waals surface area (Å²) >= 11 is 0. The lowest BCUT2D eigenvalue weighted by Gasteiger charge is -2.09. The predicted molar refractivity (Wildman–Crippen MR) is 53.2 cm³/mol. The van der Waals surface area contributed by atoms with Crippen molar-refractivity contribution in [1.29, 1.82) is 0 Å². The maximum atomic E-state index is 13.5. The number of rotatable bonds is 1. The molecule has 0 bridgehead atoms. The quantitative estimate of drug-likeness (QED) is 0.320. The summed E-state index contributed by atoms with van der Waals surface area (Å²) in [5.41, 5.74) is -0.563. The van der Waals surface area contributed by atoms with Gasteiger partial charge in [0.1, 0.15) is 6.29 Å². The molecule has 0 atom stereocenters. The first-order valence-electron chi connectivity index (χ1n) is 4.73. The minimum Gasteiger partial charge on any atom is -0.298 e. The van der Waals surface area contributed by atoms with E-state index in [0.29, 0.717) is 6.29 Å². The van der Waals surface area contributed by atoms with E-state index in [2.05, 4.69) is 0 Å². The van der Waals surface area contributed by atoms with Crippen LogP contribution in [0.1, 0.15) is 11.1 Å². The Balaban J connectivity index is 2.72. The normalized spacial score (nSPS) is 14.0. The lowest BCUT2D eigenvalue weighted by molar-refractivity contribution is -0.105. The lowest BCUT2D eigenvalue weighted by atomic mass is 10.00. The highest BCUT2D eigenvalue weighted by Crippen LogP contribution is 2.28. The molecule has 0 amide bonds. The zero-order valence-electron chi connectivity index (χ0n) is 8.44. The largest absolute Gasteiger partial charge is 0.298 e. The van der Waals surface area contributed by atoms with Crippen molar-refractivity contribution in [3.63, 3.8) is 0 Å². The Bertz CT molecular complexity index is 558. The second-order valence-electron chi connectivity index (χ2n) is 3.54. The minimum atomic E-state index is -1.86.